The number of pyridine rings is 1. The van der Waals surface area contributed by atoms with Crippen LogP contribution in [0.15, 0.2) is 30.5 Å². The SMILES string of the molecule is Cc1cc(CBr)cc(C)c1OCc1ccnc(C#N)c1. The first-order valence-electron chi connectivity index (χ1n) is 6.28. The minimum atomic E-state index is 0.411. The molecule has 0 aliphatic heterocycles. The normalized spacial score (nSPS) is 10.1. The van der Waals surface area contributed by atoms with E-state index in [1.807, 2.05) is 26.0 Å². The van der Waals surface area contributed by atoms with Gasteiger partial charge in [-0.2, -0.15) is 5.26 Å². The second-order valence-corrected chi connectivity index (χ2v) is 5.20. The molecule has 0 amide bonds. The van der Waals surface area contributed by atoms with Crippen LogP contribution in [0, 0.1) is 25.2 Å². The van der Waals surface area contributed by atoms with Crippen LogP contribution in [0.25, 0.3) is 0 Å². The van der Waals surface area contributed by atoms with Gasteiger partial charge in [-0.1, -0.05) is 28.1 Å². The fraction of sp³-hybridized carbons (Fsp3) is 0.250. The quantitative estimate of drug-likeness (QED) is 0.794. The molecule has 0 saturated carbocycles. The summed E-state index contributed by atoms with van der Waals surface area (Å²) in [6.45, 7) is 4.52. The number of nitrogens with zero attached hydrogens (tertiary/aromatic N) is 2. The van der Waals surface area contributed by atoms with Gasteiger partial charge in [0.25, 0.3) is 0 Å². The molecule has 4 heteroatoms. The van der Waals surface area contributed by atoms with Gasteiger partial charge in [0, 0.05) is 11.5 Å². The summed E-state index contributed by atoms with van der Waals surface area (Å²) >= 11 is 3.46. The van der Waals surface area contributed by atoms with Crippen LogP contribution in [0.3, 0.4) is 0 Å². The fourth-order valence-corrected chi connectivity index (χ4v) is 2.45. The second-order valence-electron chi connectivity index (χ2n) is 4.64. The molecule has 0 unspecified atom stereocenters. The Morgan fingerprint density at radius 1 is 1.20 bits per heavy atom. The minimum Gasteiger partial charge on any atom is -0.488 e. The summed E-state index contributed by atoms with van der Waals surface area (Å²) < 4.78 is 5.90. The van der Waals surface area contributed by atoms with Crippen LogP contribution < -0.4 is 4.74 Å². The maximum absolute atomic E-state index is 8.84. The van der Waals surface area contributed by atoms with Crippen LogP contribution in [-0.2, 0) is 11.9 Å². The number of halogens is 1. The van der Waals surface area contributed by atoms with Gasteiger partial charge in [-0.25, -0.2) is 4.98 Å². The van der Waals surface area contributed by atoms with E-state index >= 15 is 0 Å². The van der Waals surface area contributed by atoms with E-state index in [9.17, 15) is 0 Å². The Bertz CT molecular complexity index is 639. The van der Waals surface area contributed by atoms with Crippen molar-refractivity contribution in [2.45, 2.75) is 25.8 Å². The lowest BCUT2D eigenvalue weighted by Crippen LogP contribution is -2.00. The first kappa shape index (κ1) is 14.5. The van der Waals surface area contributed by atoms with Crippen LogP contribution in [0.2, 0.25) is 0 Å². The monoisotopic (exact) mass is 330 g/mol. The van der Waals surface area contributed by atoms with Crippen molar-refractivity contribution in [1.29, 1.82) is 5.26 Å². The second kappa shape index (κ2) is 6.53. The zero-order valence-corrected chi connectivity index (χ0v) is 13.1. The lowest BCUT2D eigenvalue weighted by Gasteiger charge is -2.13. The van der Waals surface area contributed by atoms with Gasteiger partial charge < -0.3 is 4.74 Å². The van der Waals surface area contributed by atoms with Crippen molar-refractivity contribution >= 4 is 15.9 Å². The molecule has 0 spiro atoms. The van der Waals surface area contributed by atoms with Crippen LogP contribution >= 0.6 is 15.9 Å². The summed E-state index contributed by atoms with van der Waals surface area (Å²) in [5.74, 6) is 0.907. The predicted molar refractivity (Wildman–Crippen MR) is 81.8 cm³/mol. The topological polar surface area (TPSA) is 45.9 Å². The van der Waals surface area contributed by atoms with Crippen LogP contribution in [-0.4, -0.2) is 4.98 Å². The molecule has 0 bridgehead atoms. The number of ether oxygens (including phenoxy) is 1. The van der Waals surface area contributed by atoms with E-state index in [1.54, 1.807) is 12.3 Å². The Morgan fingerprint density at radius 3 is 2.50 bits per heavy atom. The zero-order chi connectivity index (χ0) is 14.5. The van der Waals surface area contributed by atoms with Crippen LogP contribution in [0.5, 0.6) is 5.75 Å². The molecule has 1 aromatic carbocycles. The molecule has 2 aromatic rings. The molecule has 0 radical (unpaired) electrons. The number of hydrogen-bond donors (Lipinski definition) is 0. The lowest BCUT2D eigenvalue weighted by atomic mass is 10.1. The maximum atomic E-state index is 8.84. The van der Waals surface area contributed by atoms with Crippen molar-refractivity contribution in [2.24, 2.45) is 0 Å². The molecule has 1 aromatic heterocycles. The van der Waals surface area contributed by atoms with Crippen molar-refractivity contribution in [3.63, 3.8) is 0 Å². The van der Waals surface area contributed by atoms with Gasteiger partial charge >= 0.3 is 0 Å². The molecule has 1 heterocycles. The van der Waals surface area contributed by atoms with Crippen LogP contribution in [0.4, 0.5) is 0 Å². The van der Waals surface area contributed by atoms with Crippen molar-refractivity contribution < 1.29 is 4.74 Å². The summed E-state index contributed by atoms with van der Waals surface area (Å²) in [7, 11) is 0. The molecule has 2 rings (SSSR count). The van der Waals surface area contributed by atoms with Crippen LogP contribution in [0.1, 0.15) is 27.9 Å². The third kappa shape index (κ3) is 3.37. The average Bonchev–Trinajstić information content (AvgIpc) is 2.46. The highest BCUT2D eigenvalue weighted by Crippen LogP contribution is 2.26. The first-order chi connectivity index (χ1) is 9.63. The number of aryl methyl sites for hydroxylation is 2. The highest BCUT2D eigenvalue weighted by Gasteiger charge is 2.07. The molecule has 0 N–H and O–H groups in total. The van der Waals surface area contributed by atoms with Gasteiger partial charge in [-0.3, -0.25) is 0 Å². The summed E-state index contributed by atoms with van der Waals surface area (Å²) in [5, 5.41) is 9.67. The molecule has 0 atom stereocenters. The van der Waals surface area contributed by atoms with Crippen molar-refractivity contribution in [2.75, 3.05) is 0 Å². The Morgan fingerprint density at radius 2 is 1.90 bits per heavy atom. The van der Waals surface area contributed by atoms with Gasteiger partial charge in [0.1, 0.15) is 24.1 Å². The highest BCUT2D eigenvalue weighted by molar-refractivity contribution is 9.08. The fourth-order valence-electron chi connectivity index (χ4n) is 2.13. The summed E-state index contributed by atoms with van der Waals surface area (Å²) in [6.07, 6.45) is 1.63. The van der Waals surface area contributed by atoms with E-state index in [0.717, 1.165) is 27.8 Å². The Hall–Kier alpha value is -1.86. The Balaban J connectivity index is 2.17. The molecule has 0 fully saturated rings. The summed E-state index contributed by atoms with van der Waals surface area (Å²) in [4.78, 5) is 3.95. The van der Waals surface area contributed by atoms with E-state index in [4.69, 9.17) is 10.00 Å². The van der Waals surface area contributed by atoms with E-state index in [-0.39, 0.29) is 0 Å². The third-order valence-corrected chi connectivity index (χ3v) is 3.64. The van der Waals surface area contributed by atoms with Gasteiger partial charge in [-0.05, 0) is 48.2 Å². The van der Waals surface area contributed by atoms with E-state index in [0.29, 0.717) is 12.3 Å². The van der Waals surface area contributed by atoms with Crippen molar-refractivity contribution in [3.8, 4) is 11.8 Å². The number of rotatable bonds is 4. The summed E-state index contributed by atoms with van der Waals surface area (Å²) in [5.41, 5.74) is 4.83. The molecule has 3 nitrogen and oxygen atoms in total. The molecule has 0 aliphatic carbocycles. The lowest BCUT2D eigenvalue weighted by molar-refractivity contribution is 0.301. The molecular formula is C16H15BrN2O. The Labute approximate surface area is 127 Å². The van der Waals surface area contributed by atoms with Gasteiger partial charge in [0.2, 0.25) is 0 Å². The van der Waals surface area contributed by atoms with E-state index < -0.39 is 0 Å². The summed E-state index contributed by atoms with van der Waals surface area (Å²) in [6, 6.07) is 9.87. The van der Waals surface area contributed by atoms with Crippen molar-refractivity contribution in [1.82, 2.24) is 4.98 Å². The largest absolute Gasteiger partial charge is 0.488 e. The third-order valence-electron chi connectivity index (χ3n) is 3.00. The van der Waals surface area contributed by atoms with Gasteiger partial charge in [0.15, 0.2) is 0 Å². The number of nitriles is 1. The maximum Gasteiger partial charge on any atom is 0.140 e. The van der Waals surface area contributed by atoms with Crippen molar-refractivity contribution in [3.05, 3.63) is 58.4 Å². The average molecular weight is 331 g/mol. The number of aromatic nitrogens is 1. The first-order valence-corrected chi connectivity index (χ1v) is 7.40. The van der Waals surface area contributed by atoms with E-state index in [1.165, 1.54) is 5.56 Å². The van der Waals surface area contributed by atoms with Gasteiger partial charge in [-0.15, -0.1) is 0 Å². The predicted octanol–water partition coefficient (Wildman–Crippen LogP) is 4.04. The number of benzene rings is 1. The molecule has 102 valence electrons. The highest BCUT2D eigenvalue weighted by atomic mass is 79.9. The Kier molecular flexibility index (Phi) is 4.75. The van der Waals surface area contributed by atoms with Gasteiger partial charge in [0.05, 0.1) is 0 Å². The molecule has 20 heavy (non-hydrogen) atoms. The minimum absolute atomic E-state index is 0.411. The molecule has 0 saturated heterocycles. The smallest absolute Gasteiger partial charge is 0.140 e. The number of alkyl halides is 1. The molecular weight excluding hydrogens is 316 g/mol. The van der Waals surface area contributed by atoms with E-state index in [2.05, 4.69) is 33.0 Å². The number of hydrogen-bond acceptors (Lipinski definition) is 3. The standard InChI is InChI=1S/C16H15BrN2O/c1-11-5-14(8-17)6-12(2)16(11)20-10-13-3-4-19-15(7-13)9-18/h3-7H,8,10H2,1-2H3. The zero-order valence-electron chi connectivity index (χ0n) is 11.5. The molecule has 0 aliphatic rings.